The lowest BCUT2D eigenvalue weighted by Crippen LogP contribution is -2.54. The number of aliphatic hydroxyl groups is 1. The third-order valence-electron chi connectivity index (χ3n) is 4.69. The number of esters is 2. The minimum atomic E-state index is -2.15. The minimum absolute atomic E-state index is 0.162. The molecular weight excluding hydrogens is 497 g/mol. The molecule has 0 aromatic heterocycles. The molecule has 1 aliphatic rings. The zero-order valence-corrected chi connectivity index (χ0v) is 19.3. The largest absolute Gasteiger partial charge is 0.454 e. The fraction of sp³-hybridized carbons (Fsp3) is 0.318. The van der Waals surface area contributed by atoms with Gasteiger partial charge >= 0.3 is 11.9 Å². The van der Waals surface area contributed by atoms with Gasteiger partial charge in [0.05, 0.1) is 24.2 Å². The van der Waals surface area contributed by atoms with Crippen LogP contribution in [0.1, 0.15) is 27.1 Å². The van der Waals surface area contributed by atoms with Crippen molar-refractivity contribution in [1.82, 2.24) is 0 Å². The van der Waals surface area contributed by atoms with Crippen molar-refractivity contribution in [2.45, 2.75) is 34.8 Å². The summed E-state index contributed by atoms with van der Waals surface area (Å²) in [5, 5.41) is 17.6. The van der Waals surface area contributed by atoms with E-state index in [0.29, 0.717) is 0 Å². The van der Waals surface area contributed by atoms with E-state index < -0.39 is 52.8 Å². The molecule has 0 aliphatic carbocycles. The molecule has 1 fully saturated rings. The number of ether oxygens (including phenoxy) is 4. The van der Waals surface area contributed by atoms with Crippen molar-refractivity contribution in [2.75, 3.05) is 6.61 Å². The highest BCUT2D eigenvalue weighted by Gasteiger charge is 2.46. The minimum Gasteiger partial charge on any atom is -0.454 e. The lowest BCUT2D eigenvalue weighted by atomic mass is 10.0. The van der Waals surface area contributed by atoms with E-state index in [2.05, 4.69) is 0 Å². The maximum absolute atomic E-state index is 12.7. The van der Waals surface area contributed by atoms with E-state index in [4.69, 9.17) is 59.2 Å². The Morgan fingerprint density at radius 3 is 1.94 bits per heavy atom. The second-order valence-corrected chi connectivity index (χ2v) is 9.29. The summed E-state index contributed by atoms with van der Waals surface area (Å²) >= 11 is 17.0. The summed E-state index contributed by atoms with van der Waals surface area (Å²) < 4.78 is 19.9. The smallest absolute Gasteiger partial charge is 0.338 e. The van der Waals surface area contributed by atoms with Crippen molar-refractivity contribution < 1.29 is 33.6 Å². The zero-order chi connectivity index (χ0) is 24.0. The van der Waals surface area contributed by atoms with Crippen molar-refractivity contribution in [3.05, 3.63) is 71.8 Å². The molecule has 3 rings (SSSR count). The molecule has 2 N–H and O–H groups in total. The molecule has 2 aromatic rings. The third-order valence-corrected chi connectivity index (χ3v) is 5.21. The van der Waals surface area contributed by atoms with E-state index in [0.717, 1.165) is 0 Å². The average Bonchev–Trinajstić information content (AvgIpc) is 2.80. The molecular formula is C22H20Cl3NO7. The Kier molecular flexibility index (Phi) is 8.56. The van der Waals surface area contributed by atoms with E-state index in [-0.39, 0.29) is 17.5 Å². The average molecular weight is 517 g/mol. The predicted molar refractivity (Wildman–Crippen MR) is 121 cm³/mol. The van der Waals surface area contributed by atoms with Crippen LogP contribution in [0, 0.1) is 5.41 Å². The second kappa shape index (κ2) is 11.2. The Balaban J connectivity index is 1.83. The molecule has 176 valence electrons. The number of aliphatic hydroxyl groups excluding tert-OH is 1. The summed E-state index contributed by atoms with van der Waals surface area (Å²) in [6, 6.07) is 16.4. The van der Waals surface area contributed by atoms with E-state index >= 15 is 0 Å². The van der Waals surface area contributed by atoms with Crippen LogP contribution in [-0.2, 0) is 18.9 Å². The lowest BCUT2D eigenvalue weighted by Gasteiger charge is -2.40. The highest BCUT2D eigenvalue weighted by Crippen LogP contribution is 2.32. The number of rotatable bonds is 6. The van der Waals surface area contributed by atoms with Gasteiger partial charge in [-0.15, -0.1) is 0 Å². The number of nitrogens with one attached hydrogen (secondary N) is 1. The number of alkyl halides is 3. The molecule has 0 bridgehead atoms. The molecule has 1 saturated heterocycles. The molecule has 4 atom stereocenters. The number of benzene rings is 2. The van der Waals surface area contributed by atoms with Crippen LogP contribution in [0.4, 0.5) is 0 Å². The first-order valence-electron chi connectivity index (χ1n) is 9.80. The van der Waals surface area contributed by atoms with Crippen molar-refractivity contribution in [3.8, 4) is 0 Å². The maximum Gasteiger partial charge on any atom is 0.338 e. The normalized spacial score (nSPS) is 22.8. The van der Waals surface area contributed by atoms with Gasteiger partial charge in [-0.05, 0) is 24.3 Å². The first-order valence-corrected chi connectivity index (χ1v) is 10.9. The number of carbonyl (C=O) groups excluding carboxylic acids is 2. The molecule has 11 heteroatoms. The topological polar surface area (TPSA) is 115 Å². The van der Waals surface area contributed by atoms with Crippen LogP contribution < -0.4 is 0 Å². The maximum atomic E-state index is 12.7. The molecule has 1 aliphatic heterocycles. The number of carbonyl (C=O) groups is 2. The van der Waals surface area contributed by atoms with Gasteiger partial charge in [0, 0.05) is 0 Å². The summed E-state index contributed by atoms with van der Waals surface area (Å²) in [7, 11) is 0. The highest BCUT2D eigenvalue weighted by molar-refractivity contribution is 6.76. The fourth-order valence-electron chi connectivity index (χ4n) is 3.12. The van der Waals surface area contributed by atoms with Crippen LogP contribution in [0.2, 0.25) is 0 Å². The van der Waals surface area contributed by atoms with Crippen molar-refractivity contribution in [3.63, 3.8) is 0 Å². The standard InChI is InChI=1S/C22H20Cl3NO7/c23-22(24,25)21(26)32-17-11-15(31-19(28)13-7-3-1-4-8-13)18(16(12-27)30-17)33-20(29)14-9-5-2-6-10-14/h1-10,15-18,26-27H,11-12H2/t15-,16-,17-,18+/m1/s1. The van der Waals surface area contributed by atoms with Gasteiger partial charge in [-0.1, -0.05) is 71.2 Å². The predicted octanol–water partition coefficient (Wildman–Crippen LogP) is 3.91. The molecule has 1 heterocycles. The molecule has 0 saturated carbocycles. The Bertz CT molecular complexity index is 969. The summed E-state index contributed by atoms with van der Waals surface area (Å²) in [5.41, 5.74) is 0.530. The van der Waals surface area contributed by atoms with Gasteiger partial charge in [-0.25, -0.2) is 9.59 Å². The van der Waals surface area contributed by atoms with Crippen LogP contribution in [-0.4, -0.2) is 57.9 Å². The van der Waals surface area contributed by atoms with Gasteiger partial charge in [0.1, 0.15) is 12.2 Å². The van der Waals surface area contributed by atoms with Crippen molar-refractivity contribution >= 4 is 52.6 Å². The first-order chi connectivity index (χ1) is 15.7. The molecule has 2 aromatic carbocycles. The summed E-state index contributed by atoms with van der Waals surface area (Å²) in [5.74, 6) is -2.10. The molecule has 0 amide bonds. The highest BCUT2D eigenvalue weighted by atomic mass is 35.6. The Labute approximate surface area is 204 Å². The van der Waals surface area contributed by atoms with Gasteiger partial charge in [0.25, 0.3) is 3.79 Å². The van der Waals surface area contributed by atoms with Gasteiger partial charge in [0.15, 0.2) is 6.10 Å². The Morgan fingerprint density at radius 1 is 0.939 bits per heavy atom. The van der Waals surface area contributed by atoms with Crippen LogP contribution in [0.3, 0.4) is 0 Å². The van der Waals surface area contributed by atoms with Crippen LogP contribution in [0.5, 0.6) is 0 Å². The van der Waals surface area contributed by atoms with Gasteiger partial charge < -0.3 is 24.1 Å². The molecule has 0 radical (unpaired) electrons. The zero-order valence-electron chi connectivity index (χ0n) is 17.0. The van der Waals surface area contributed by atoms with Crippen LogP contribution in [0.25, 0.3) is 0 Å². The molecule has 8 nitrogen and oxygen atoms in total. The van der Waals surface area contributed by atoms with Crippen molar-refractivity contribution in [1.29, 1.82) is 5.41 Å². The van der Waals surface area contributed by atoms with Gasteiger partial charge in [0.2, 0.25) is 12.2 Å². The van der Waals surface area contributed by atoms with Crippen molar-refractivity contribution in [2.24, 2.45) is 0 Å². The number of hydrogen-bond acceptors (Lipinski definition) is 8. The van der Waals surface area contributed by atoms with E-state index in [1.165, 1.54) is 0 Å². The number of hydrogen-bond donors (Lipinski definition) is 2. The lowest BCUT2D eigenvalue weighted by molar-refractivity contribution is -0.234. The molecule has 0 spiro atoms. The molecule has 33 heavy (non-hydrogen) atoms. The second-order valence-electron chi connectivity index (χ2n) is 7.01. The summed E-state index contributed by atoms with van der Waals surface area (Å²) in [6.45, 7) is -0.604. The Morgan fingerprint density at radius 2 is 1.45 bits per heavy atom. The number of halogens is 3. The fourth-order valence-corrected chi connectivity index (χ4v) is 3.26. The first kappa shape index (κ1) is 25.3. The SMILES string of the molecule is N=C(O[C@@H]1C[C@@H](OC(=O)c2ccccc2)[C@H](OC(=O)c2ccccc2)[C@@H](CO)O1)C(Cl)(Cl)Cl. The Hall–Kier alpha value is -2.36. The van der Waals surface area contributed by atoms with E-state index in [1.807, 2.05) is 0 Å². The van der Waals surface area contributed by atoms with Gasteiger partial charge in [-0.2, -0.15) is 0 Å². The summed E-state index contributed by atoms with van der Waals surface area (Å²) in [4.78, 5) is 25.3. The van der Waals surface area contributed by atoms with Gasteiger partial charge in [-0.3, -0.25) is 5.41 Å². The molecule has 0 unspecified atom stereocenters. The van der Waals surface area contributed by atoms with Crippen LogP contribution >= 0.6 is 34.8 Å². The monoisotopic (exact) mass is 515 g/mol. The van der Waals surface area contributed by atoms with E-state index in [1.54, 1.807) is 60.7 Å². The van der Waals surface area contributed by atoms with E-state index in [9.17, 15) is 14.7 Å². The third kappa shape index (κ3) is 6.82. The van der Waals surface area contributed by atoms with Crippen LogP contribution in [0.15, 0.2) is 60.7 Å². The quantitative estimate of drug-likeness (QED) is 0.259. The summed E-state index contributed by atoms with van der Waals surface area (Å²) in [6.07, 6.45) is -4.79.